The monoisotopic (exact) mass is 379 g/mol. The number of hydrogen-bond acceptors (Lipinski definition) is 7. The molecule has 4 rings (SSSR count). The van der Waals surface area contributed by atoms with Crippen LogP contribution < -0.4 is 4.90 Å². The molecule has 0 unspecified atom stereocenters. The molecule has 0 spiro atoms. The van der Waals surface area contributed by atoms with E-state index < -0.39 is 28.8 Å². The summed E-state index contributed by atoms with van der Waals surface area (Å²) in [6.45, 7) is 1.42. The van der Waals surface area contributed by atoms with Crippen molar-refractivity contribution in [2.45, 2.75) is 13.0 Å². The van der Waals surface area contributed by atoms with E-state index in [1.54, 1.807) is 6.07 Å². The Kier molecular flexibility index (Phi) is 3.99. The van der Waals surface area contributed by atoms with Gasteiger partial charge in [-0.15, -0.1) is 0 Å². The molecule has 2 amide bonds. The average Bonchev–Trinajstić information content (AvgIpc) is 3.22. The summed E-state index contributed by atoms with van der Waals surface area (Å²) in [7, 11) is 0. The third-order valence-electron chi connectivity index (χ3n) is 4.70. The lowest BCUT2D eigenvalue weighted by molar-refractivity contribution is -0.384. The summed E-state index contributed by atoms with van der Waals surface area (Å²) < 4.78 is 0. The molecule has 0 saturated carbocycles. The van der Waals surface area contributed by atoms with Crippen LogP contribution in [0.1, 0.15) is 22.8 Å². The largest absolute Gasteiger partial charge is 0.381 e. The summed E-state index contributed by atoms with van der Waals surface area (Å²) in [4.78, 5) is 53.7. The Balaban J connectivity index is 1.67. The number of rotatable bonds is 4. The molecule has 0 aliphatic carbocycles. The number of carbonyl (C=O) groups is 3. The topological polar surface area (TPSA) is 119 Å². The maximum Gasteiger partial charge on any atom is 0.278 e. The van der Waals surface area contributed by atoms with Crippen LogP contribution in [0, 0.1) is 16.0 Å². The lowest BCUT2D eigenvalue weighted by Crippen LogP contribution is -2.33. The van der Waals surface area contributed by atoms with E-state index in [1.807, 2.05) is 0 Å². The van der Waals surface area contributed by atoms with Crippen LogP contribution in [0.3, 0.4) is 0 Å². The molecular weight excluding hydrogens is 366 g/mol. The molecule has 140 valence electrons. The normalized spacial score (nSPS) is 20.6. The van der Waals surface area contributed by atoms with Crippen molar-refractivity contribution in [3.05, 3.63) is 69.8 Å². The lowest BCUT2D eigenvalue weighted by atomic mass is 9.94. The number of nitrogens with zero attached hydrogens (tertiary/aromatic N) is 3. The van der Waals surface area contributed by atoms with E-state index in [9.17, 15) is 24.5 Å². The van der Waals surface area contributed by atoms with Crippen LogP contribution in [0.2, 0.25) is 0 Å². The van der Waals surface area contributed by atoms with Gasteiger partial charge in [0.15, 0.2) is 5.78 Å². The zero-order valence-electron chi connectivity index (χ0n) is 14.6. The van der Waals surface area contributed by atoms with Gasteiger partial charge in [-0.25, -0.2) is 4.90 Å². The molecule has 2 aliphatic rings. The molecule has 1 saturated heterocycles. The second kappa shape index (κ2) is 6.38. The van der Waals surface area contributed by atoms with Gasteiger partial charge in [-0.05, 0) is 31.2 Å². The SMILES string of the molecule is CC(=O)c1ccc(N2C(=O)[C@H]3C(c4cccc([N+](=O)[O-])c4)=NO[C@@H]3C2=O)cc1. The standard InChI is InChI=1S/C19H13N3O6/c1-10(23)11-5-7-13(8-6-11)21-18(24)15-16(20-28-17(15)19(21)25)12-3-2-4-14(9-12)22(26)27/h2-9,15,17H,1H3/t15-,17-/m0/s1. The van der Waals surface area contributed by atoms with Crippen molar-refractivity contribution >= 4 is 34.7 Å². The number of carbonyl (C=O) groups excluding carboxylic acids is 3. The Morgan fingerprint density at radius 1 is 1.14 bits per heavy atom. The molecular formula is C19H13N3O6. The Labute approximate surface area is 158 Å². The highest BCUT2D eigenvalue weighted by molar-refractivity contribution is 6.32. The van der Waals surface area contributed by atoms with Gasteiger partial charge < -0.3 is 4.84 Å². The number of non-ortho nitro benzene ring substituents is 1. The summed E-state index contributed by atoms with van der Waals surface area (Å²) in [5.41, 5.74) is 1.14. The van der Waals surface area contributed by atoms with Crippen LogP contribution in [0.4, 0.5) is 11.4 Å². The minimum atomic E-state index is -1.12. The van der Waals surface area contributed by atoms with Gasteiger partial charge in [0.2, 0.25) is 12.0 Å². The lowest BCUT2D eigenvalue weighted by Gasteiger charge is -2.15. The minimum absolute atomic E-state index is 0.133. The third kappa shape index (κ3) is 2.64. The highest BCUT2D eigenvalue weighted by Gasteiger charge is 2.56. The van der Waals surface area contributed by atoms with Gasteiger partial charge in [0.25, 0.3) is 11.6 Å². The first-order valence-corrected chi connectivity index (χ1v) is 8.36. The second-order valence-corrected chi connectivity index (χ2v) is 6.40. The van der Waals surface area contributed by atoms with Gasteiger partial charge >= 0.3 is 0 Å². The molecule has 2 heterocycles. The number of oxime groups is 1. The number of benzene rings is 2. The van der Waals surface area contributed by atoms with Crippen LogP contribution in [-0.2, 0) is 14.4 Å². The molecule has 0 aromatic heterocycles. The summed E-state index contributed by atoms with van der Waals surface area (Å²) >= 11 is 0. The minimum Gasteiger partial charge on any atom is -0.381 e. The van der Waals surface area contributed by atoms with Crippen molar-refractivity contribution in [3.63, 3.8) is 0 Å². The van der Waals surface area contributed by atoms with E-state index in [-0.39, 0.29) is 17.2 Å². The first kappa shape index (κ1) is 17.5. The van der Waals surface area contributed by atoms with Gasteiger partial charge in [-0.1, -0.05) is 17.3 Å². The molecule has 0 N–H and O–H groups in total. The Bertz CT molecular complexity index is 1060. The van der Waals surface area contributed by atoms with E-state index in [0.29, 0.717) is 16.8 Å². The average molecular weight is 379 g/mol. The van der Waals surface area contributed by atoms with Crippen LogP contribution in [0.5, 0.6) is 0 Å². The zero-order valence-corrected chi connectivity index (χ0v) is 14.6. The van der Waals surface area contributed by atoms with Crippen LogP contribution in [-0.4, -0.2) is 34.3 Å². The Hall–Kier alpha value is -3.88. The van der Waals surface area contributed by atoms with Gasteiger partial charge in [0.05, 0.1) is 10.6 Å². The zero-order chi connectivity index (χ0) is 20.0. The van der Waals surface area contributed by atoms with Crippen molar-refractivity contribution in [2.75, 3.05) is 4.90 Å². The molecule has 0 radical (unpaired) electrons. The molecule has 1 fully saturated rings. The fourth-order valence-corrected chi connectivity index (χ4v) is 3.29. The molecule has 28 heavy (non-hydrogen) atoms. The van der Waals surface area contributed by atoms with E-state index >= 15 is 0 Å². The Morgan fingerprint density at radius 2 is 1.86 bits per heavy atom. The van der Waals surface area contributed by atoms with E-state index in [0.717, 1.165) is 4.90 Å². The number of fused-ring (bicyclic) bond motifs is 1. The number of imide groups is 1. The number of anilines is 1. The van der Waals surface area contributed by atoms with Gasteiger partial charge in [0, 0.05) is 23.3 Å². The number of nitro benzene ring substituents is 1. The third-order valence-corrected chi connectivity index (χ3v) is 4.70. The first-order valence-electron chi connectivity index (χ1n) is 8.36. The number of Topliss-reactive ketones (excluding diaryl/α,β-unsaturated/α-hetero) is 1. The summed E-state index contributed by atoms with van der Waals surface area (Å²) in [5, 5.41) is 14.8. The second-order valence-electron chi connectivity index (χ2n) is 6.40. The molecule has 2 aliphatic heterocycles. The number of amides is 2. The fraction of sp³-hybridized carbons (Fsp3) is 0.158. The smallest absolute Gasteiger partial charge is 0.278 e. The molecule has 0 bridgehead atoms. The summed E-state index contributed by atoms with van der Waals surface area (Å²) in [6, 6.07) is 11.7. The maximum atomic E-state index is 13.0. The molecule has 2 aromatic rings. The van der Waals surface area contributed by atoms with Gasteiger partial charge in [0.1, 0.15) is 11.6 Å². The quantitative estimate of drug-likeness (QED) is 0.347. The molecule has 2 aromatic carbocycles. The number of hydrogen-bond donors (Lipinski definition) is 0. The first-order chi connectivity index (χ1) is 13.4. The van der Waals surface area contributed by atoms with Crippen molar-refractivity contribution in [1.82, 2.24) is 0 Å². The highest BCUT2D eigenvalue weighted by atomic mass is 16.7. The van der Waals surface area contributed by atoms with E-state index in [2.05, 4.69) is 5.16 Å². The molecule has 9 nitrogen and oxygen atoms in total. The van der Waals surface area contributed by atoms with Crippen molar-refractivity contribution in [1.29, 1.82) is 0 Å². The van der Waals surface area contributed by atoms with E-state index in [1.165, 1.54) is 49.4 Å². The predicted octanol–water partition coefficient (Wildman–Crippen LogP) is 2.09. The molecule has 9 heteroatoms. The maximum absolute atomic E-state index is 13.0. The Morgan fingerprint density at radius 3 is 2.50 bits per heavy atom. The van der Waals surface area contributed by atoms with Gasteiger partial charge in [-0.2, -0.15) is 0 Å². The fourth-order valence-electron chi connectivity index (χ4n) is 3.29. The number of nitro groups is 1. The van der Waals surface area contributed by atoms with Crippen LogP contribution in [0.15, 0.2) is 53.7 Å². The number of ketones is 1. The predicted molar refractivity (Wildman–Crippen MR) is 96.9 cm³/mol. The molecule has 2 atom stereocenters. The van der Waals surface area contributed by atoms with Crippen LogP contribution in [0.25, 0.3) is 0 Å². The summed E-state index contributed by atoms with van der Waals surface area (Å²) in [5.74, 6) is -2.23. The van der Waals surface area contributed by atoms with Crippen molar-refractivity contribution in [2.24, 2.45) is 11.1 Å². The summed E-state index contributed by atoms with van der Waals surface area (Å²) in [6.07, 6.45) is -1.12. The highest BCUT2D eigenvalue weighted by Crippen LogP contribution is 2.35. The van der Waals surface area contributed by atoms with Crippen molar-refractivity contribution < 1.29 is 24.1 Å². The van der Waals surface area contributed by atoms with Gasteiger partial charge in [-0.3, -0.25) is 24.5 Å². The van der Waals surface area contributed by atoms with E-state index in [4.69, 9.17) is 4.84 Å². The van der Waals surface area contributed by atoms with Crippen LogP contribution >= 0.6 is 0 Å². The van der Waals surface area contributed by atoms with Crippen molar-refractivity contribution in [3.8, 4) is 0 Å².